The largest absolute Gasteiger partial charge is 0.472 e. The average Bonchev–Trinajstić information content (AvgIpc) is 2.74. The van der Waals surface area contributed by atoms with E-state index in [0.717, 1.165) is 24.9 Å². The second kappa shape index (κ2) is 4.49. The molecule has 1 aromatic rings. The van der Waals surface area contributed by atoms with E-state index in [9.17, 15) is 4.79 Å². The van der Waals surface area contributed by atoms with E-state index in [1.165, 1.54) is 0 Å². The molecule has 2 rings (SSSR count). The lowest BCUT2D eigenvalue weighted by molar-refractivity contribution is -0.124. The van der Waals surface area contributed by atoms with Crippen molar-refractivity contribution in [3.63, 3.8) is 0 Å². The third-order valence-corrected chi connectivity index (χ3v) is 2.78. The first-order chi connectivity index (χ1) is 7.27. The van der Waals surface area contributed by atoms with Crippen LogP contribution in [0.15, 0.2) is 23.0 Å². The Kier molecular flexibility index (Phi) is 3.06. The summed E-state index contributed by atoms with van der Waals surface area (Å²) in [6.45, 7) is 2.84. The number of carbonyl (C=O) groups excluding carboxylic acids is 1. The number of rotatable bonds is 3. The number of piperidine rings is 1. The van der Waals surface area contributed by atoms with E-state index in [1.54, 1.807) is 12.5 Å². The predicted octanol–water partition coefficient (Wildman–Crippen LogP) is 1.21. The van der Waals surface area contributed by atoms with Crippen LogP contribution >= 0.6 is 0 Å². The molecule has 1 aliphatic heterocycles. The van der Waals surface area contributed by atoms with Gasteiger partial charge in [0.05, 0.1) is 18.6 Å². The molecule has 2 atom stereocenters. The van der Waals surface area contributed by atoms with Gasteiger partial charge >= 0.3 is 0 Å². The van der Waals surface area contributed by atoms with Crippen LogP contribution in [0.5, 0.6) is 0 Å². The van der Waals surface area contributed by atoms with Crippen LogP contribution in [0.1, 0.15) is 31.4 Å². The Labute approximate surface area is 89.0 Å². The van der Waals surface area contributed by atoms with Crippen molar-refractivity contribution in [1.29, 1.82) is 0 Å². The van der Waals surface area contributed by atoms with Crippen molar-refractivity contribution in [2.75, 3.05) is 6.54 Å². The van der Waals surface area contributed by atoms with Crippen LogP contribution in [0.25, 0.3) is 0 Å². The summed E-state index contributed by atoms with van der Waals surface area (Å²) in [4.78, 5) is 11.5. The topological polar surface area (TPSA) is 54.3 Å². The number of hydrogen-bond acceptors (Lipinski definition) is 3. The van der Waals surface area contributed by atoms with Gasteiger partial charge in [-0.25, -0.2) is 0 Å². The molecule has 0 spiro atoms. The fourth-order valence-corrected chi connectivity index (χ4v) is 1.85. The van der Waals surface area contributed by atoms with Crippen LogP contribution in [0, 0.1) is 0 Å². The van der Waals surface area contributed by atoms with Crippen LogP contribution in [-0.4, -0.2) is 18.5 Å². The van der Waals surface area contributed by atoms with Gasteiger partial charge in [-0.15, -0.1) is 0 Å². The monoisotopic (exact) mass is 208 g/mol. The molecule has 1 aliphatic rings. The van der Waals surface area contributed by atoms with E-state index in [0.29, 0.717) is 0 Å². The highest BCUT2D eigenvalue weighted by Crippen LogP contribution is 2.15. The molecular formula is C11H16N2O2. The second-order valence-corrected chi connectivity index (χ2v) is 3.93. The van der Waals surface area contributed by atoms with Gasteiger partial charge in [0.15, 0.2) is 0 Å². The number of amides is 1. The van der Waals surface area contributed by atoms with Gasteiger partial charge in [0.2, 0.25) is 5.91 Å². The lowest BCUT2D eigenvalue weighted by Gasteiger charge is -2.25. The van der Waals surface area contributed by atoms with Crippen LogP contribution in [0.4, 0.5) is 0 Å². The van der Waals surface area contributed by atoms with E-state index >= 15 is 0 Å². The molecule has 0 aromatic carbocycles. The zero-order valence-corrected chi connectivity index (χ0v) is 8.82. The van der Waals surface area contributed by atoms with Crippen molar-refractivity contribution >= 4 is 5.91 Å². The van der Waals surface area contributed by atoms with Gasteiger partial charge in [-0.05, 0) is 25.8 Å². The highest BCUT2D eigenvalue weighted by atomic mass is 16.3. The van der Waals surface area contributed by atoms with E-state index in [4.69, 9.17) is 4.42 Å². The predicted molar refractivity (Wildman–Crippen MR) is 56.3 cm³/mol. The molecular weight excluding hydrogens is 192 g/mol. The number of nitrogens with one attached hydrogen (secondary N) is 2. The van der Waals surface area contributed by atoms with E-state index in [1.807, 2.05) is 13.0 Å². The Morgan fingerprint density at radius 2 is 2.53 bits per heavy atom. The lowest BCUT2D eigenvalue weighted by atomic mass is 10.0. The van der Waals surface area contributed by atoms with Crippen LogP contribution in [-0.2, 0) is 4.79 Å². The van der Waals surface area contributed by atoms with Crippen molar-refractivity contribution in [3.8, 4) is 0 Å². The Morgan fingerprint density at radius 3 is 3.20 bits per heavy atom. The summed E-state index contributed by atoms with van der Waals surface area (Å²) in [5, 5.41) is 6.16. The van der Waals surface area contributed by atoms with Gasteiger partial charge in [0.1, 0.15) is 0 Å². The maximum atomic E-state index is 11.5. The second-order valence-electron chi connectivity index (χ2n) is 3.93. The highest BCUT2D eigenvalue weighted by molar-refractivity contribution is 5.82. The minimum Gasteiger partial charge on any atom is -0.472 e. The molecule has 15 heavy (non-hydrogen) atoms. The van der Waals surface area contributed by atoms with E-state index < -0.39 is 0 Å². The Bertz CT molecular complexity index is 321. The maximum Gasteiger partial charge on any atom is 0.237 e. The van der Waals surface area contributed by atoms with Gasteiger partial charge in [-0.2, -0.15) is 0 Å². The Morgan fingerprint density at radius 1 is 1.67 bits per heavy atom. The molecule has 1 amide bonds. The molecule has 1 saturated heterocycles. The number of carbonyl (C=O) groups is 1. The fourth-order valence-electron chi connectivity index (χ4n) is 1.85. The third-order valence-electron chi connectivity index (χ3n) is 2.78. The molecule has 4 nitrogen and oxygen atoms in total. The summed E-state index contributed by atoms with van der Waals surface area (Å²) in [6, 6.07) is 2.00. The number of furan rings is 1. The van der Waals surface area contributed by atoms with Gasteiger partial charge in [-0.3, -0.25) is 10.1 Å². The summed E-state index contributed by atoms with van der Waals surface area (Å²) >= 11 is 0. The zero-order chi connectivity index (χ0) is 10.7. The molecule has 0 aliphatic carbocycles. The molecule has 0 radical (unpaired) electrons. The van der Waals surface area contributed by atoms with Crippen molar-refractivity contribution < 1.29 is 9.21 Å². The molecule has 4 heteroatoms. The first-order valence-corrected chi connectivity index (χ1v) is 5.33. The normalized spacial score (nSPS) is 23.5. The van der Waals surface area contributed by atoms with Gasteiger partial charge in [-0.1, -0.05) is 0 Å². The SMILES string of the molecule is CC(NC1CCCNC1=O)c1ccoc1. The van der Waals surface area contributed by atoms with Crippen molar-refractivity contribution in [2.24, 2.45) is 0 Å². The van der Waals surface area contributed by atoms with Crippen LogP contribution in [0.2, 0.25) is 0 Å². The summed E-state index contributed by atoms with van der Waals surface area (Å²) in [7, 11) is 0. The molecule has 2 N–H and O–H groups in total. The molecule has 2 unspecified atom stereocenters. The first kappa shape index (κ1) is 10.2. The minimum atomic E-state index is -0.0661. The quantitative estimate of drug-likeness (QED) is 0.785. The highest BCUT2D eigenvalue weighted by Gasteiger charge is 2.23. The van der Waals surface area contributed by atoms with Gasteiger partial charge < -0.3 is 9.73 Å². The zero-order valence-electron chi connectivity index (χ0n) is 8.82. The van der Waals surface area contributed by atoms with Crippen LogP contribution in [0.3, 0.4) is 0 Å². The first-order valence-electron chi connectivity index (χ1n) is 5.33. The third kappa shape index (κ3) is 2.39. The van der Waals surface area contributed by atoms with Crippen molar-refractivity contribution in [3.05, 3.63) is 24.2 Å². The van der Waals surface area contributed by atoms with Gasteiger partial charge in [0, 0.05) is 18.2 Å². The average molecular weight is 208 g/mol. The summed E-state index contributed by atoms with van der Waals surface area (Å²) < 4.78 is 5.01. The molecule has 82 valence electrons. The molecule has 2 heterocycles. The summed E-state index contributed by atoms with van der Waals surface area (Å²) in [6.07, 6.45) is 5.31. The van der Waals surface area contributed by atoms with E-state index in [-0.39, 0.29) is 18.0 Å². The van der Waals surface area contributed by atoms with E-state index in [2.05, 4.69) is 10.6 Å². The number of hydrogen-bond donors (Lipinski definition) is 2. The smallest absolute Gasteiger partial charge is 0.237 e. The Hall–Kier alpha value is -1.29. The molecule has 1 fully saturated rings. The maximum absolute atomic E-state index is 11.5. The lowest BCUT2D eigenvalue weighted by Crippen LogP contribution is -2.48. The molecule has 1 aromatic heterocycles. The summed E-state index contributed by atoms with van der Waals surface area (Å²) in [5.74, 6) is 0.108. The van der Waals surface area contributed by atoms with Crippen molar-refractivity contribution in [2.45, 2.75) is 31.8 Å². The fraction of sp³-hybridized carbons (Fsp3) is 0.545. The molecule has 0 bridgehead atoms. The standard InChI is InChI=1S/C11H16N2O2/c1-8(9-4-6-15-7-9)13-10-3-2-5-12-11(10)14/h4,6-8,10,13H,2-3,5H2,1H3,(H,12,14). The minimum absolute atomic E-state index is 0.0661. The Balaban J connectivity index is 1.93. The van der Waals surface area contributed by atoms with Crippen molar-refractivity contribution in [1.82, 2.24) is 10.6 Å². The molecule has 0 saturated carbocycles. The summed E-state index contributed by atoms with van der Waals surface area (Å²) in [5.41, 5.74) is 1.08. The van der Waals surface area contributed by atoms with Crippen LogP contribution < -0.4 is 10.6 Å². The van der Waals surface area contributed by atoms with Gasteiger partial charge in [0.25, 0.3) is 0 Å².